The molecule has 4 heteroatoms. The van der Waals surface area contributed by atoms with Gasteiger partial charge in [0.2, 0.25) is 5.91 Å². The number of aliphatic hydroxyl groups excluding tert-OH is 1. The fourth-order valence-electron chi connectivity index (χ4n) is 3.73. The molecule has 3 unspecified atom stereocenters. The highest BCUT2D eigenvalue weighted by atomic mass is 16.3. The van der Waals surface area contributed by atoms with Crippen LogP contribution >= 0.6 is 0 Å². The van der Waals surface area contributed by atoms with Crippen molar-refractivity contribution >= 4 is 5.91 Å². The summed E-state index contributed by atoms with van der Waals surface area (Å²) in [6.45, 7) is 4.60. The molecular formula is C15H28N2O2. The van der Waals surface area contributed by atoms with E-state index in [1.807, 2.05) is 6.92 Å². The topological polar surface area (TPSA) is 52.6 Å². The van der Waals surface area contributed by atoms with Gasteiger partial charge in [0.05, 0.1) is 6.10 Å². The lowest BCUT2D eigenvalue weighted by atomic mass is 9.80. The van der Waals surface area contributed by atoms with Crippen molar-refractivity contribution in [3.05, 3.63) is 0 Å². The van der Waals surface area contributed by atoms with Crippen LogP contribution in [0.4, 0.5) is 0 Å². The van der Waals surface area contributed by atoms with Gasteiger partial charge in [-0.15, -0.1) is 0 Å². The Morgan fingerprint density at radius 3 is 2.79 bits per heavy atom. The van der Waals surface area contributed by atoms with Gasteiger partial charge in [-0.05, 0) is 39.2 Å². The van der Waals surface area contributed by atoms with Crippen molar-refractivity contribution in [3.63, 3.8) is 0 Å². The molecule has 1 aliphatic carbocycles. The van der Waals surface area contributed by atoms with Gasteiger partial charge in [0.25, 0.3) is 0 Å². The predicted molar refractivity (Wildman–Crippen MR) is 75.9 cm³/mol. The van der Waals surface area contributed by atoms with Gasteiger partial charge in [0.15, 0.2) is 0 Å². The Kier molecular flexibility index (Phi) is 5.64. The van der Waals surface area contributed by atoms with Gasteiger partial charge in [-0.2, -0.15) is 0 Å². The van der Waals surface area contributed by atoms with E-state index >= 15 is 0 Å². The minimum Gasteiger partial charge on any atom is -0.393 e. The zero-order valence-electron chi connectivity index (χ0n) is 12.1. The summed E-state index contributed by atoms with van der Waals surface area (Å²) < 4.78 is 0. The first-order valence-corrected chi connectivity index (χ1v) is 7.91. The number of aliphatic hydroxyl groups is 1. The fourth-order valence-corrected chi connectivity index (χ4v) is 3.73. The molecule has 2 fully saturated rings. The van der Waals surface area contributed by atoms with Gasteiger partial charge in [0, 0.05) is 31.5 Å². The third-order valence-electron chi connectivity index (χ3n) is 4.69. The third kappa shape index (κ3) is 3.93. The van der Waals surface area contributed by atoms with Crippen LogP contribution in [0.15, 0.2) is 0 Å². The SMILES string of the molecule is CCNC(=O)CCN1CCCC1C1CCCCC1O. The third-order valence-corrected chi connectivity index (χ3v) is 4.69. The lowest BCUT2D eigenvalue weighted by Crippen LogP contribution is -2.43. The van der Waals surface area contributed by atoms with Crippen molar-refractivity contribution in [1.82, 2.24) is 10.2 Å². The summed E-state index contributed by atoms with van der Waals surface area (Å²) in [7, 11) is 0. The Morgan fingerprint density at radius 2 is 2.05 bits per heavy atom. The van der Waals surface area contributed by atoms with Gasteiger partial charge in [-0.3, -0.25) is 9.69 Å². The Morgan fingerprint density at radius 1 is 1.26 bits per heavy atom. The highest BCUT2D eigenvalue weighted by molar-refractivity contribution is 5.75. The highest BCUT2D eigenvalue weighted by Gasteiger charge is 2.36. The molecular weight excluding hydrogens is 240 g/mol. The average molecular weight is 268 g/mol. The van der Waals surface area contributed by atoms with Crippen molar-refractivity contribution in [1.29, 1.82) is 0 Å². The number of amides is 1. The average Bonchev–Trinajstić information content (AvgIpc) is 2.85. The Balaban J connectivity index is 1.84. The summed E-state index contributed by atoms with van der Waals surface area (Å²) in [4.78, 5) is 14.0. The van der Waals surface area contributed by atoms with Crippen LogP contribution in [0.5, 0.6) is 0 Å². The maximum absolute atomic E-state index is 11.6. The summed E-state index contributed by atoms with van der Waals surface area (Å²) >= 11 is 0. The molecule has 2 aliphatic rings. The van der Waals surface area contributed by atoms with Crippen LogP contribution in [-0.2, 0) is 4.79 Å². The first-order valence-electron chi connectivity index (χ1n) is 7.91. The van der Waals surface area contributed by atoms with Crippen molar-refractivity contribution in [2.24, 2.45) is 5.92 Å². The Hall–Kier alpha value is -0.610. The number of hydrogen-bond donors (Lipinski definition) is 2. The predicted octanol–water partition coefficient (Wildman–Crippen LogP) is 1.53. The molecule has 1 heterocycles. The minimum absolute atomic E-state index is 0.121. The molecule has 0 aromatic rings. The molecule has 2 N–H and O–H groups in total. The number of likely N-dealkylation sites (tertiary alicyclic amines) is 1. The van der Waals surface area contributed by atoms with Gasteiger partial charge in [0.1, 0.15) is 0 Å². The second-order valence-corrected chi connectivity index (χ2v) is 5.96. The zero-order chi connectivity index (χ0) is 13.7. The molecule has 1 aliphatic heterocycles. The molecule has 19 heavy (non-hydrogen) atoms. The number of hydrogen-bond acceptors (Lipinski definition) is 3. The molecule has 110 valence electrons. The van der Waals surface area contributed by atoms with E-state index in [1.54, 1.807) is 0 Å². The normalized spacial score (nSPS) is 32.4. The van der Waals surface area contributed by atoms with E-state index in [9.17, 15) is 9.90 Å². The molecule has 0 bridgehead atoms. The van der Waals surface area contributed by atoms with Crippen molar-refractivity contribution in [3.8, 4) is 0 Å². The van der Waals surface area contributed by atoms with Crippen molar-refractivity contribution < 1.29 is 9.90 Å². The number of nitrogens with one attached hydrogen (secondary N) is 1. The van der Waals surface area contributed by atoms with Crippen LogP contribution < -0.4 is 5.32 Å². The van der Waals surface area contributed by atoms with E-state index in [4.69, 9.17) is 0 Å². The molecule has 0 radical (unpaired) electrons. The van der Waals surface area contributed by atoms with Crippen LogP contribution in [0.1, 0.15) is 51.9 Å². The molecule has 4 nitrogen and oxygen atoms in total. The second kappa shape index (κ2) is 7.25. The van der Waals surface area contributed by atoms with Gasteiger partial charge in [-0.25, -0.2) is 0 Å². The number of rotatable bonds is 5. The van der Waals surface area contributed by atoms with E-state index in [-0.39, 0.29) is 12.0 Å². The summed E-state index contributed by atoms with van der Waals surface area (Å²) in [5.41, 5.74) is 0. The zero-order valence-corrected chi connectivity index (χ0v) is 12.1. The maximum Gasteiger partial charge on any atom is 0.221 e. The van der Waals surface area contributed by atoms with Crippen LogP contribution in [0.3, 0.4) is 0 Å². The largest absolute Gasteiger partial charge is 0.393 e. The van der Waals surface area contributed by atoms with Crippen LogP contribution in [0, 0.1) is 5.92 Å². The quantitative estimate of drug-likeness (QED) is 0.795. The summed E-state index contributed by atoms with van der Waals surface area (Å²) in [6.07, 6.45) is 7.41. The summed E-state index contributed by atoms with van der Waals surface area (Å²) in [6, 6.07) is 0.504. The van der Waals surface area contributed by atoms with E-state index in [0.29, 0.717) is 24.9 Å². The van der Waals surface area contributed by atoms with E-state index < -0.39 is 0 Å². The number of nitrogens with zero attached hydrogens (tertiary/aromatic N) is 1. The Labute approximate surface area is 116 Å². The maximum atomic E-state index is 11.6. The first kappa shape index (κ1) is 14.8. The van der Waals surface area contributed by atoms with Gasteiger partial charge < -0.3 is 10.4 Å². The standard InChI is InChI=1S/C15H28N2O2/c1-2-16-15(19)9-11-17-10-5-7-13(17)12-6-3-4-8-14(12)18/h12-14,18H,2-11H2,1H3,(H,16,19). The fraction of sp³-hybridized carbons (Fsp3) is 0.933. The lowest BCUT2D eigenvalue weighted by Gasteiger charge is -2.37. The van der Waals surface area contributed by atoms with Crippen molar-refractivity contribution in [2.45, 2.75) is 64.0 Å². The molecule has 0 aromatic heterocycles. The van der Waals surface area contributed by atoms with Crippen molar-refractivity contribution in [2.75, 3.05) is 19.6 Å². The summed E-state index contributed by atoms with van der Waals surface area (Å²) in [5.74, 6) is 0.586. The molecule has 1 saturated carbocycles. The smallest absolute Gasteiger partial charge is 0.221 e. The molecule has 2 rings (SSSR count). The van der Waals surface area contributed by atoms with Gasteiger partial charge >= 0.3 is 0 Å². The number of carbonyl (C=O) groups excluding carboxylic acids is 1. The minimum atomic E-state index is -0.121. The van der Waals surface area contributed by atoms with Crippen LogP contribution in [0.25, 0.3) is 0 Å². The molecule has 0 spiro atoms. The Bertz CT molecular complexity index is 296. The van der Waals surface area contributed by atoms with Crippen LogP contribution in [0.2, 0.25) is 0 Å². The van der Waals surface area contributed by atoms with Crippen LogP contribution in [-0.4, -0.2) is 47.7 Å². The van der Waals surface area contributed by atoms with E-state index in [0.717, 1.165) is 25.9 Å². The molecule has 1 amide bonds. The first-order chi connectivity index (χ1) is 9.22. The number of carbonyl (C=O) groups is 1. The van der Waals surface area contributed by atoms with E-state index in [1.165, 1.54) is 25.7 Å². The monoisotopic (exact) mass is 268 g/mol. The highest BCUT2D eigenvalue weighted by Crippen LogP contribution is 2.34. The summed E-state index contributed by atoms with van der Waals surface area (Å²) in [5, 5.41) is 13.1. The van der Waals surface area contributed by atoms with E-state index in [2.05, 4.69) is 10.2 Å². The molecule has 1 saturated heterocycles. The second-order valence-electron chi connectivity index (χ2n) is 5.96. The van der Waals surface area contributed by atoms with Gasteiger partial charge in [-0.1, -0.05) is 12.8 Å². The lowest BCUT2D eigenvalue weighted by molar-refractivity contribution is -0.121. The molecule has 0 aromatic carbocycles. The molecule has 3 atom stereocenters.